The smallest absolute Gasteiger partial charge is 0.242 e. The summed E-state index contributed by atoms with van der Waals surface area (Å²) in [6, 6.07) is 4.35. The van der Waals surface area contributed by atoms with E-state index in [-0.39, 0.29) is 17.0 Å². The average molecular weight is 366 g/mol. The van der Waals surface area contributed by atoms with Crippen molar-refractivity contribution in [3.63, 3.8) is 0 Å². The Morgan fingerprint density at radius 2 is 2.16 bits per heavy atom. The van der Waals surface area contributed by atoms with Crippen LogP contribution in [0.15, 0.2) is 18.2 Å². The van der Waals surface area contributed by atoms with Crippen LogP contribution in [0.25, 0.3) is 10.9 Å². The van der Waals surface area contributed by atoms with Crippen LogP contribution in [-0.2, 0) is 16.6 Å². The number of aliphatic hydroxyl groups is 1. The van der Waals surface area contributed by atoms with Gasteiger partial charge in [-0.05, 0) is 62.3 Å². The number of hydrogen-bond donors (Lipinski definition) is 2. The van der Waals surface area contributed by atoms with Gasteiger partial charge in [0, 0.05) is 18.5 Å². The quantitative estimate of drug-likeness (QED) is 0.853. The fraction of sp³-hybridized carbons (Fsp3) is 0.556. The highest BCUT2D eigenvalue weighted by atomic mass is 32.2. The van der Waals surface area contributed by atoms with Crippen molar-refractivity contribution in [3.8, 4) is 0 Å². The van der Waals surface area contributed by atoms with Crippen LogP contribution in [0, 0.1) is 5.82 Å². The van der Waals surface area contributed by atoms with Crippen molar-refractivity contribution in [1.82, 2.24) is 9.29 Å². The first-order valence-electron chi connectivity index (χ1n) is 8.85. The number of nitrogens with one attached hydrogen (secondary N) is 1. The Kier molecular flexibility index (Phi) is 4.13. The first kappa shape index (κ1) is 17.0. The Bertz CT molecular complexity index is 916. The lowest BCUT2D eigenvalue weighted by Gasteiger charge is -2.26. The van der Waals surface area contributed by atoms with Gasteiger partial charge >= 0.3 is 0 Å². The Labute approximate surface area is 146 Å². The molecule has 2 N–H and O–H groups in total. The Morgan fingerprint density at radius 1 is 1.40 bits per heavy atom. The van der Waals surface area contributed by atoms with E-state index in [1.807, 2.05) is 0 Å². The predicted octanol–water partition coefficient (Wildman–Crippen LogP) is 2.47. The predicted molar refractivity (Wildman–Crippen MR) is 94.6 cm³/mol. The lowest BCUT2D eigenvalue weighted by Crippen LogP contribution is -2.31. The first-order chi connectivity index (χ1) is 11.9. The molecule has 1 aromatic carbocycles. The number of nitrogens with zero attached hydrogens (tertiary/aromatic N) is 1. The molecular weight excluding hydrogens is 343 g/mol. The highest BCUT2D eigenvalue weighted by Gasteiger charge is 2.41. The van der Waals surface area contributed by atoms with Crippen molar-refractivity contribution in [2.24, 2.45) is 0 Å². The average Bonchev–Trinajstić information content (AvgIpc) is 3.36. The second kappa shape index (κ2) is 6.07. The number of halogens is 1. The largest absolute Gasteiger partial charge is 0.393 e. The number of aliphatic hydroxyl groups excluding tert-OH is 1. The molecule has 0 spiro atoms. The Morgan fingerprint density at radius 3 is 2.84 bits per heavy atom. The molecule has 0 radical (unpaired) electrons. The van der Waals surface area contributed by atoms with Gasteiger partial charge in [-0.15, -0.1) is 0 Å². The molecule has 0 bridgehead atoms. The maximum absolute atomic E-state index is 13.9. The molecule has 2 aliphatic rings. The van der Waals surface area contributed by atoms with Crippen LogP contribution in [0.3, 0.4) is 0 Å². The van der Waals surface area contributed by atoms with E-state index in [0.717, 1.165) is 17.7 Å². The minimum Gasteiger partial charge on any atom is -0.393 e. The van der Waals surface area contributed by atoms with Gasteiger partial charge in [-0.3, -0.25) is 0 Å². The van der Waals surface area contributed by atoms with Crippen molar-refractivity contribution in [1.29, 1.82) is 0 Å². The summed E-state index contributed by atoms with van der Waals surface area (Å²) < 4.78 is 41.4. The summed E-state index contributed by atoms with van der Waals surface area (Å²) >= 11 is 0. The summed E-state index contributed by atoms with van der Waals surface area (Å²) in [5.74, 6) is -0.289. The minimum atomic E-state index is -3.45. The second-order valence-electron chi connectivity index (χ2n) is 7.28. The molecule has 0 amide bonds. The summed E-state index contributed by atoms with van der Waals surface area (Å²) in [6.07, 6.45) is 2.33. The highest BCUT2D eigenvalue weighted by Crippen LogP contribution is 2.41. The molecule has 5 nitrogen and oxygen atoms in total. The third-order valence-corrected chi connectivity index (χ3v) is 7.49. The third-order valence-electron chi connectivity index (χ3n) is 5.25. The van der Waals surface area contributed by atoms with Gasteiger partial charge in [-0.1, -0.05) is 0 Å². The van der Waals surface area contributed by atoms with Crippen molar-refractivity contribution in [3.05, 3.63) is 35.3 Å². The third kappa shape index (κ3) is 2.88. The number of aromatic nitrogens is 1. The van der Waals surface area contributed by atoms with Crippen molar-refractivity contribution < 1.29 is 17.9 Å². The maximum atomic E-state index is 13.9. The van der Waals surface area contributed by atoms with Gasteiger partial charge < -0.3 is 10.4 Å². The zero-order valence-electron chi connectivity index (χ0n) is 14.2. The lowest BCUT2D eigenvalue weighted by molar-refractivity contribution is 0.177. The molecule has 2 heterocycles. The molecule has 25 heavy (non-hydrogen) atoms. The standard InChI is InChI=1S/C18H23FN2O3S/c1-11(22)2-3-12-9-20-10-17-18(12)15-8-13(19)4-7-16(15)21(17)25(23,24)14-5-6-14/h4,7-8,11-12,14,20,22H,2-3,5-6,9-10H2,1H3. The summed E-state index contributed by atoms with van der Waals surface area (Å²) in [7, 11) is -3.45. The SMILES string of the molecule is CC(O)CCC1CNCc2c1c1cc(F)ccc1n2S(=O)(=O)C1CC1. The monoisotopic (exact) mass is 366 g/mol. The molecule has 1 fully saturated rings. The normalized spacial score (nSPS) is 22.1. The van der Waals surface area contributed by atoms with E-state index < -0.39 is 16.1 Å². The van der Waals surface area contributed by atoms with E-state index in [2.05, 4.69) is 5.32 Å². The molecule has 1 aliphatic carbocycles. The number of benzene rings is 1. The van der Waals surface area contributed by atoms with Gasteiger partial charge in [0.2, 0.25) is 10.0 Å². The van der Waals surface area contributed by atoms with Gasteiger partial charge in [-0.25, -0.2) is 16.8 Å². The van der Waals surface area contributed by atoms with Crippen LogP contribution in [0.4, 0.5) is 4.39 Å². The molecule has 0 saturated heterocycles. The van der Waals surface area contributed by atoms with E-state index in [9.17, 15) is 17.9 Å². The molecule has 4 rings (SSSR count). The number of hydrogen-bond acceptors (Lipinski definition) is 4. The molecule has 2 atom stereocenters. The highest BCUT2D eigenvalue weighted by molar-refractivity contribution is 7.91. The topological polar surface area (TPSA) is 71.3 Å². The van der Waals surface area contributed by atoms with Gasteiger partial charge in [0.05, 0.1) is 22.6 Å². The van der Waals surface area contributed by atoms with Crippen molar-refractivity contribution in [2.45, 2.75) is 56.4 Å². The maximum Gasteiger partial charge on any atom is 0.242 e. The van der Waals surface area contributed by atoms with Gasteiger partial charge in [0.15, 0.2) is 0 Å². The van der Waals surface area contributed by atoms with Crippen LogP contribution in [0.5, 0.6) is 0 Å². The first-order valence-corrected chi connectivity index (χ1v) is 10.4. The minimum absolute atomic E-state index is 0.0679. The van der Waals surface area contributed by atoms with Crippen LogP contribution < -0.4 is 5.32 Å². The summed E-state index contributed by atoms with van der Waals surface area (Å²) in [4.78, 5) is 0. The lowest BCUT2D eigenvalue weighted by atomic mass is 9.88. The fourth-order valence-electron chi connectivity index (χ4n) is 3.90. The van der Waals surface area contributed by atoms with Gasteiger partial charge in [0.25, 0.3) is 0 Å². The Hall–Kier alpha value is -1.44. The zero-order valence-corrected chi connectivity index (χ0v) is 15.0. The van der Waals surface area contributed by atoms with Crippen LogP contribution >= 0.6 is 0 Å². The van der Waals surface area contributed by atoms with Gasteiger partial charge in [0.1, 0.15) is 5.82 Å². The summed E-state index contributed by atoms with van der Waals surface area (Å²) in [6.45, 7) is 2.92. The van der Waals surface area contributed by atoms with Crippen LogP contribution in [0.2, 0.25) is 0 Å². The van der Waals surface area contributed by atoms with E-state index in [0.29, 0.717) is 43.3 Å². The van der Waals surface area contributed by atoms with Crippen LogP contribution in [0.1, 0.15) is 49.8 Å². The molecule has 1 saturated carbocycles. The van der Waals surface area contributed by atoms with Crippen molar-refractivity contribution >= 4 is 20.9 Å². The van der Waals surface area contributed by atoms with Crippen LogP contribution in [-0.4, -0.2) is 35.4 Å². The van der Waals surface area contributed by atoms with E-state index in [1.165, 1.54) is 16.1 Å². The molecule has 1 aromatic heterocycles. The van der Waals surface area contributed by atoms with E-state index in [1.54, 1.807) is 13.0 Å². The molecule has 1 aliphatic heterocycles. The molecule has 2 unspecified atom stereocenters. The number of fused-ring (bicyclic) bond motifs is 3. The van der Waals surface area contributed by atoms with E-state index >= 15 is 0 Å². The summed E-state index contributed by atoms with van der Waals surface area (Å²) in [5.41, 5.74) is 2.23. The fourth-order valence-corrected chi connectivity index (χ4v) is 5.83. The van der Waals surface area contributed by atoms with Gasteiger partial charge in [-0.2, -0.15) is 0 Å². The van der Waals surface area contributed by atoms with Crippen molar-refractivity contribution in [2.75, 3.05) is 6.54 Å². The summed E-state index contributed by atoms with van der Waals surface area (Å²) in [5, 5.41) is 13.3. The van der Waals surface area contributed by atoms with E-state index in [4.69, 9.17) is 0 Å². The zero-order chi connectivity index (χ0) is 17.8. The molecule has 136 valence electrons. The molecule has 7 heteroatoms. The Balaban J connectivity index is 1.92. The second-order valence-corrected chi connectivity index (χ2v) is 9.35. The number of rotatable bonds is 5. The molecular formula is C18H23FN2O3S. The molecule has 2 aromatic rings.